The lowest BCUT2D eigenvalue weighted by molar-refractivity contribution is 0.175. The Kier molecular flexibility index (Phi) is 8.07. The Bertz CT molecular complexity index is 636. The van der Waals surface area contributed by atoms with Gasteiger partial charge in [-0.25, -0.2) is 0 Å². The summed E-state index contributed by atoms with van der Waals surface area (Å²) in [5.41, 5.74) is 2.80. The maximum absolute atomic E-state index is 3.98. The molecule has 0 amide bonds. The van der Waals surface area contributed by atoms with Gasteiger partial charge in [-0.3, -0.25) is 4.90 Å². The van der Waals surface area contributed by atoms with Gasteiger partial charge in [-0.05, 0) is 35.2 Å². The standard InChI is InChI=1S/C19H24N2.2ClH/c1-3-6-19(21-13-11-20-12-14-21)18-10-9-15(2)16-7-4-5-8-17(16)18;;/h3-5,7-10,19-20H,1,6,11-14H2,2H3;2*1H/t19-;;/m1../s1. The van der Waals surface area contributed by atoms with Crippen molar-refractivity contribution >= 4 is 35.6 Å². The Balaban J connectivity index is 0.00000132. The molecule has 1 aliphatic heterocycles. The Hall–Kier alpha value is -1.06. The van der Waals surface area contributed by atoms with Crippen molar-refractivity contribution in [2.24, 2.45) is 0 Å². The largest absolute Gasteiger partial charge is 0.314 e. The van der Waals surface area contributed by atoms with Gasteiger partial charge >= 0.3 is 0 Å². The van der Waals surface area contributed by atoms with Crippen molar-refractivity contribution in [1.82, 2.24) is 10.2 Å². The zero-order valence-electron chi connectivity index (χ0n) is 13.6. The number of halogens is 2. The zero-order chi connectivity index (χ0) is 14.7. The maximum Gasteiger partial charge on any atom is 0.0389 e. The average Bonchev–Trinajstić information content (AvgIpc) is 2.55. The molecule has 0 aliphatic carbocycles. The minimum absolute atomic E-state index is 0. The first-order valence-corrected chi connectivity index (χ1v) is 7.85. The first-order chi connectivity index (χ1) is 10.3. The Morgan fingerprint density at radius 2 is 1.74 bits per heavy atom. The van der Waals surface area contributed by atoms with Crippen LogP contribution in [0.15, 0.2) is 49.1 Å². The van der Waals surface area contributed by atoms with Gasteiger partial charge in [-0.2, -0.15) is 0 Å². The van der Waals surface area contributed by atoms with Crippen LogP contribution in [0.3, 0.4) is 0 Å². The maximum atomic E-state index is 3.98. The third kappa shape index (κ3) is 4.27. The third-order valence-corrected chi connectivity index (χ3v) is 4.52. The summed E-state index contributed by atoms with van der Waals surface area (Å²) >= 11 is 0. The molecule has 0 unspecified atom stereocenters. The van der Waals surface area contributed by atoms with Crippen LogP contribution in [0.5, 0.6) is 0 Å². The highest BCUT2D eigenvalue weighted by Gasteiger charge is 2.22. The van der Waals surface area contributed by atoms with Gasteiger partial charge in [-0.15, -0.1) is 31.4 Å². The average molecular weight is 353 g/mol. The normalized spacial score (nSPS) is 16.2. The van der Waals surface area contributed by atoms with Crippen molar-refractivity contribution in [2.45, 2.75) is 19.4 Å². The first-order valence-electron chi connectivity index (χ1n) is 7.85. The van der Waals surface area contributed by atoms with Crippen LogP contribution in [0, 0.1) is 6.92 Å². The van der Waals surface area contributed by atoms with Gasteiger partial charge < -0.3 is 5.32 Å². The summed E-state index contributed by atoms with van der Waals surface area (Å²) in [5.74, 6) is 0. The van der Waals surface area contributed by atoms with E-state index in [9.17, 15) is 0 Å². The fraction of sp³-hybridized carbons (Fsp3) is 0.368. The first kappa shape index (κ1) is 20.0. The second-order valence-electron chi connectivity index (χ2n) is 5.84. The lowest BCUT2D eigenvalue weighted by Gasteiger charge is -2.35. The van der Waals surface area contributed by atoms with E-state index in [4.69, 9.17) is 0 Å². The van der Waals surface area contributed by atoms with Crippen LogP contribution in [-0.2, 0) is 0 Å². The van der Waals surface area contributed by atoms with Crippen LogP contribution in [-0.4, -0.2) is 31.1 Å². The molecule has 126 valence electrons. The summed E-state index contributed by atoms with van der Waals surface area (Å²) in [5, 5.41) is 6.21. The number of nitrogens with zero attached hydrogens (tertiary/aromatic N) is 1. The van der Waals surface area contributed by atoms with E-state index in [-0.39, 0.29) is 24.8 Å². The molecule has 2 aromatic carbocycles. The summed E-state index contributed by atoms with van der Waals surface area (Å²) < 4.78 is 0. The summed E-state index contributed by atoms with van der Waals surface area (Å²) in [7, 11) is 0. The van der Waals surface area contributed by atoms with Crippen molar-refractivity contribution < 1.29 is 0 Å². The predicted octanol–water partition coefficient (Wildman–Crippen LogP) is 4.51. The number of piperazine rings is 1. The fourth-order valence-corrected chi connectivity index (χ4v) is 3.39. The van der Waals surface area contributed by atoms with Crippen LogP contribution >= 0.6 is 24.8 Å². The highest BCUT2D eigenvalue weighted by atomic mass is 35.5. The third-order valence-electron chi connectivity index (χ3n) is 4.52. The number of fused-ring (bicyclic) bond motifs is 1. The molecule has 1 aliphatic rings. The lowest BCUT2D eigenvalue weighted by atomic mass is 9.93. The van der Waals surface area contributed by atoms with Gasteiger partial charge in [0.05, 0.1) is 0 Å². The smallest absolute Gasteiger partial charge is 0.0389 e. The second-order valence-corrected chi connectivity index (χ2v) is 5.84. The number of nitrogens with one attached hydrogen (secondary N) is 1. The molecule has 3 rings (SSSR count). The van der Waals surface area contributed by atoms with Gasteiger partial charge in [0, 0.05) is 32.2 Å². The van der Waals surface area contributed by atoms with Crippen LogP contribution in [0.4, 0.5) is 0 Å². The van der Waals surface area contributed by atoms with Crippen molar-refractivity contribution in [2.75, 3.05) is 26.2 Å². The molecule has 1 heterocycles. The highest BCUT2D eigenvalue weighted by Crippen LogP contribution is 2.32. The van der Waals surface area contributed by atoms with Crippen molar-refractivity contribution in [1.29, 1.82) is 0 Å². The highest BCUT2D eigenvalue weighted by molar-refractivity contribution is 5.89. The SMILES string of the molecule is C=CC[C@H](c1ccc(C)c2ccccc12)N1CCNCC1.Cl.Cl. The molecule has 23 heavy (non-hydrogen) atoms. The monoisotopic (exact) mass is 352 g/mol. The molecule has 1 N–H and O–H groups in total. The molecule has 4 heteroatoms. The molecule has 0 spiro atoms. The summed E-state index contributed by atoms with van der Waals surface area (Å²) in [6, 6.07) is 13.8. The van der Waals surface area contributed by atoms with Gasteiger partial charge in [0.1, 0.15) is 0 Å². The molecule has 0 radical (unpaired) electrons. The van der Waals surface area contributed by atoms with Crippen LogP contribution in [0.1, 0.15) is 23.6 Å². The fourth-order valence-electron chi connectivity index (χ4n) is 3.39. The molecule has 1 fully saturated rings. The van der Waals surface area contributed by atoms with E-state index in [2.05, 4.69) is 66.2 Å². The van der Waals surface area contributed by atoms with Crippen LogP contribution < -0.4 is 5.32 Å². The predicted molar refractivity (Wildman–Crippen MR) is 105 cm³/mol. The molecule has 0 saturated carbocycles. The molecular formula is C19H26Cl2N2. The van der Waals surface area contributed by atoms with E-state index in [1.54, 1.807) is 0 Å². The summed E-state index contributed by atoms with van der Waals surface area (Å²) in [4.78, 5) is 2.59. The zero-order valence-corrected chi connectivity index (χ0v) is 15.3. The van der Waals surface area contributed by atoms with E-state index in [1.165, 1.54) is 21.9 Å². The second kappa shape index (κ2) is 9.29. The number of benzene rings is 2. The van der Waals surface area contributed by atoms with Gasteiger partial charge in [0.15, 0.2) is 0 Å². The number of hydrogen-bond acceptors (Lipinski definition) is 2. The Morgan fingerprint density at radius 1 is 1.09 bits per heavy atom. The molecular weight excluding hydrogens is 327 g/mol. The lowest BCUT2D eigenvalue weighted by Crippen LogP contribution is -2.45. The van der Waals surface area contributed by atoms with Crippen molar-refractivity contribution in [3.63, 3.8) is 0 Å². The summed E-state index contributed by atoms with van der Waals surface area (Å²) in [6.45, 7) is 10.6. The Morgan fingerprint density at radius 3 is 2.39 bits per heavy atom. The minimum atomic E-state index is 0. The number of aryl methyl sites for hydroxylation is 1. The summed E-state index contributed by atoms with van der Waals surface area (Å²) in [6.07, 6.45) is 3.06. The van der Waals surface area contributed by atoms with Gasteiger partial charge in [-0.1, -0.05) is 42.5 Å². The quantitative estimate of drug-likeness (QED) is 0.814. The van der Waals surface area contributed by atoms with E-state index >= 15 is 0 Å². The molecule has 0 bridgehead atoms. The molecule has 1 saturated heterocycles. The van der Waals surface area contributed by atoms with E-state index in [0.717, 1.165) is 32.6 Å². The van der Waals surface area contributed by atoms with E-state index in [1.807, 2.05) is 0 Å². The molecule has 1 atom stereocenters. The van der Waals surface area contributed by atoms with Gasteiger partial charge in [0.25, 0.3) is 0 Å². The Labute approximate surface area is 151 Å². The van der Waals surface area contributed by atoms with Crippen LogP contribution in [0.2, 0.25) is 0 Å². The topological polar surface area (TPSA) is 15.3 Å². The van der Waals surface area contributed by atoms with Gasteiger partial charge in [0.2, 0.25) is 0 Å². The molecule has 0 aromatic heterocycles. The molecule has 2 nitrogen and oxygen atoms in total. The molecule has 2 aromatic rings. The number of hydrogen-bond donors (Lipinski definition) is 1. The van der Waals surface area contributed by atoms with Crippen LogP contribution in [0.25, 0.3) is 10.8 Å². The van der Waals surface area contributed by atoms with E-state index in [0.29, 0.717) is 6.04 Å². The number of rotatable bonds is 4. The van der Waals surface area contributed by atoms with Crippen molar-refractivity contribution in [3.05, 3.63) is 60.2 Å². The van der Waals surface area contributed by atoms with Crippen molar-refractivity contribution in [3.8, 4) is 0 Å². The minimum Gasteiger partial charge on any atom is -0.314 e. The van der Waals surface area contributed by atoms with E-state index < -0.39 is 0 Å².